The zero-order chi connectivity index (χ0) is 19.7. The Morgan fingerprint density at radius 1 is 1.43 bits per heavy atom. The van der Waals surface area contributed by atoms with Gasteiger partial charge < -0.3 is 5.73 Å². The van der Waals surface area contributed by atoms with Crippen LogP contribution in [0.3, 0.4) is 0 Å². The number of carbonyl (C=O) groups excluding carboxylic acids is 1. The summed E-state index contributed by atoms with van der Waals surface area (Å²) in [4.78, 5) is 21.3. The summed E-state index contributed by atoms with van der Waals surface area (Å²) in [5.74, 6) is 1.06. The predicted octanol–water partition coefficient (Wildman–Crippen LogP) is 4.56. The number of Topliss-reactive ketones (excluding diaryl/α,β-unsaturated/α-hetero) is 1. The third-order valence-corrected chi connectivity index (χ3v) is 7.10. The topological polar surface area (TPSA) is 83.0 Å². The smallest absolute Gasteiger partial charge is 0.161 e. The number of allylic oxidation sites excluding steroid dienone is 3. The molecule has 0 aromatic carbocycles. The molecule has 0 bridgehead atoms. The van der Waals surface area contributed by atoms with Gasteiger partial charge in [0.2, 0.25) is 0 Å². The Morgan fingerprint density at radius 2 is 2.29 bits per heavy atom. The van der Waals surface area contributed by atoms with Gasteiger partial charge in [-0.2, -0.15) is 5.26 Å². The van der Waals surface area contributed by atoms with Crippen LogP contribution in [-0.4, -0.2) is 16.5 Å². The van der Waals surface area contributed by atoms with E-state index in [0.717, 1.165) is 45.3 Å². The average Bonchev–Trinajstić information content (AvgIpc) is 3.16. The SMILES string of the molecule is CCSc1ccsc1[C@H]1C(C#N)=C(N)N(c2cccnc2)C2=C1C(=O)CCC2. The first-order valence-electron chi connectivity index (χ1n) is 9.23. The van der Waals surface area contributed by atoms with Crippen molar-refractivity contribution in [2.24, 2.45) is 5.73 Å². The van der Waals surface area contributed by atoms with Crippen molar-refractivity contribution in [3.63, 3.8) is 0 Å². The van der Waals surface area contributed by atoms with Crippen molar-refractivity contribution in [1.82, 2.24) is 4.98 Å². The van der Waals surface area contributed by atoms with Gasteiger partial charge in [0.05, 0.1) is 29.4 Å². The molecule has 3 heterocycles. The number of hydrogen-bond acceptors (Lipinski definition) is 7. The molecule has 4 rings (SSSR count). The van der Waals surface area contributed by atoms with E-state index < -0.39 is 0 Å². The summed E-state index contributed by atoms with van der Waals surface area (Å²) in [5, 5.41) is 12.1. The lowest BCUT2D eigenvalue weighted by Crippen LogP contribution is -2.38. The van der Waals surface area contributed by atoms with Crippen LogP contribution < -0.4 is 10.6 Å². The van der Waals surface area contributed by atoms with Crippen molar-refractivity contribution in [2.45, 2.75) is 37.0 Å². The minimum atomic E-state index is -0.380. The summed E-state index contributed by atoms with van der Waals surface area (Å²) < 4.78 is 0. The van der Waals surface area contributed by atoms with Gasteiger partial charge in [-0.3, -0.25) is 14.7 Å². The van der Waals surface area contributed by atoms with Gasteiger partial charge in [-0.25, -0.2) is 0 Å². The maximum Gasteiger partial charge on any atom is 0.161 e. The Labute approximate surface area is 172 Å². The van der Waals surface area contributed by atoms with E-state index in [4.69, 9.17) is 5.73 Å². The van der Waals surface area contributed by atoms with Crippen molar-refractivity contribution >= 4 is 34.6 Å². The summed E-state index contributed by atoms with van der Waals surface area (Å²) in [6.07, 6.45) is 5.47. The van der Waals surface area contributed by atoms with Crippen molar-refractivity contribution in [3.8, 4) is 6.07 Å². The molecule has 1 aliphatic carbocycles. The molecule has 0 fully saturated rings. The molecular formula is C21H20N4OS2. The second-order valence-electron chi connectivity index (χ2n) is 6.61. The first-order chi connectivity index (χ1) is 13.7. The molecule has 0 unspecified atom stereocenters. The number of nitrogens with zero attached hydrogens (tertiary/aromatic N) is 3. The quantitative estimate of drug-likeness (QED) is 0.747. The predicted molar refractivity (Wildman–Crippen MR) is 113 cm³/mol. The summed E-state index contributed by atoms with van der Waals surface area (Å²) in [6.45, 7) is 2.10. The van der Waals surface area contributed by atoms with Gasteiger partial charge in [0.1, 0.15) is 5.82 Å². The molecule has 2 aliphatic rings. The number of thiophene rings is 1. The van der Waals surface area contributed by atoms with E-state index >= 15 is 0 Å². The fourth-order valence-electron chi connectivity index (χ4n) is 3.92. The lowest BCUT2D eigenvalue weighted by atomic mass is 9.78. The highest BCUT2D eigenvalue weighted by Crippen LogP contribution is 2.49. The van der Waals surface area contributed by atoms with Crippen LogP contribution in [0.25, 0.3) is 0 Å². The molecule has 7 heteroatoms. The van der Waals surface area contributed by atoms with Crippen LogP contribution in [0.1, 0.15) is 37.0 Å². The second-order valence-corrected chi connectivity index (χ2v) is 8.86. The molecule has 1 atom stereocenters. The number of carbonyl (C=O) groups is 1. The van der Waals surface area contributed by atoms with Crippen molar-refractivity contribution in [3.05, 3.63) is 63.5 Å². The highest BCUT2D eigenvalue weighted by Gasteiger charge is 2.41. The molecule has 0 amide bonds. The molecule has 0 saturated heterocycles. The van der Waals surface area contributed by atoms with E-state index in [1.807, 2.05) is 22.4 Å². The molecule has 2 N–H and O–H groups in total. The zero-order valence-electron chi connectivity index (χ0n) is 15.5. The Balaban J connectivity index is 1.96. The van der Waals surface area contributed by atoms with Gasteiger partial charge in [0.15, 0.2) is 5.78 Å². The maximum atomic E-state index is 13.1. The summed E-state index contributed by atoms with van der Waals surface area (Å²) in [6, 6.07) is 8.13. The molecular weight excluding hydrogens is 388 g/mol. The van der Waals surface area contributed by atoms with Crippen molar-refractivity contribution in [2.75, 3.05) is 10.7 Å². The van der Waals surface area contributed by atoms with Crippen LogP contribution in [0.15, 0.2) is 63.5 Å². The van der Waals surface area contributed by atoms with Crippen LogP contribution in [0, 0.1) is 11.3 Å². The van der Waals surface area contributed by atoms with E-state index in [1.54, 1.807) is 35.5 Å². The van der Waals surface area contributed by atoms with Gasteiger partial charge in [-0.1, -0.05) is 6.92 Å². The Hall–Kier alpha value is -2.56. The second kappa shape index (κ2) is 7.82. The van der Waals surface area contributed by atoms with Crippen molar-refractivity contribution in [1.29, 1.82) is 5.26 Å². The molecule has 0 spiro atoms. The van der Waals surface area contributed by atoms with E-state index in [-0.39, 0.29) is 11.7 Å². The number of ketones is 1. The fraction of sp³-hybridized carbons (Fsp3) is 0.286. The molecule has 28 heavy (non-hydrogen) atoms. The summed E-state index contributed by atoms with van der Waals surface area (Å²) in [7, 11) is 0. The molecule has 0 saturated carbocycles. The third-order valence-electron chi connectivity index (χ3n) is 5.04. The summed E-state index contributed by atoms with van der Waals surface area (Å²) >= 11 is 3.33. The lowest BCUT2D eigenvalue weighted by molar-refractivity contribution is -0.116. The van der Waals surface area contributed by atoms with Gasteiger partial charge in [-0.15, -0.1) is 23.1 Å². The van der Waals surface area contributed by atoms with Gasteiger partial charge in [0, 0.05) is 33.7 Å². The lowest BCUT2D eigenvalue weighted by Gasteiger charge is -2.39. The third kappa shape index (κ3) is 3.03. The Bertz CT molecular complexity index is 1020. The molecule has 2 aromatic heterocycles. The first-order valence-corrected chi connectivity index (χ1v) is 11.1. The van der Waals surface area contributed by atoms with Crippen LogP contribution >= 0.6 is 23.1 Å². The maximum absolute atomic E-state index is 13.1. The molecule has 5 nitrogen and oxygen atoms in total. The monoisotopic (exact) mass is 408 g/mol. The number of pyridine rings is 1. The average molecular weight is 409 g/mol. The number of hydrogen-bond donors (Lipinski definition) is 1. The van der Waals surface area contributed by atoms with Gasteiger partial charge >= 0.3 is 0 Å². The summed E-state index contributed by atoms with van der Waals surface area (Å²) in [5.41, 5.74) is 9.40. The van der Waals surface area contributed by atoms with E-state index in [2.05, 4.69) is 24.0 Å². The molecule has 1 aliphatic heterocycles. The number of thioether (sulfide) groups is 1. The molecule has 142 valence electrons. The fourth-order valence-corrected chi connectivity index (χ4v) is 5.97. The Kier molecular flexibility index (Phi) is 5.25. The highest BCUT2D eigenvalue weighted by atomic mass is 32.2. The Morgan fingerprint density at radius 3 is 3.00 bits per heavy atom. The van der Waals surface area contributed by atoms with Crippen LogP contribution in [-0.2, 0) is 4.79 Å². The number of aromatic nitrogens is 1. The number of rotatable bonds is 4. The number of anilines is 1. The largest absolute Gasteiger partial charge is 0.384 e. The molecule has 2 aromatic rings. The minimum absolute atomic E-state index is 0.112. The van der Waals surface area contributed by atoms with Crippen molar-refractivity contribution < 1.29 is 4.79 Å². The van der Waals surface area contributed by atoms with Gasteiger partial charge in [0.25, 0.3) is 0 Å². The highest BCUT2D eigenvalue weighted by molar-refractivity contribution is 7.99. The standard InChI is InChI=1S/C21H20N4OS2/c1-2-27-17-8-10-28-20(17)18-14(11-22)21(23)25(13-5-4-9-24-12-13)15-6-3-7-16(26)19(15)18/h4-5,8-10,12,18H,2-3,6-7,23H2,1H3/t18-/m0/s1. The van der Waals surface area contributed by atoms with Crippen LogP contribution in [0.2, 0.25) is 0 Å². The van der Waals surface area contributed by atoms with Crippen LogP contribution in [0.4, 0.5) is 5.69 Å². The van der Waals surface area contributed by atoms with E-state index in [1.165, 1.54) is 0 Å². The number of nitrogens with two attached hydrogens (primary N) is 1. The first kappa shape index (κ1) is 18.8. The van der Waals surface area contributed by atoms with Gasteiger partial charge in [-0.05, 0) is 42.2 Å². The van der Waals surface area contributed by atoms with E-state index in [0.29, 0.717) is 17.8 Å². The number of nitriles is 1. The normalized spacial score (nSPS) is 19.6. The molecule has 0 radical (unpaired) electrons. The minimum Gasteiger partial charge on any atom is -0.384 e. The van der Waals surface area contributed by atoms with Crippen LogP contribution in [0.5, 0.6) is 0 Å². The van der Waals surface area contributed by atoms with E-state index in [9.17, 15) is 10.1 Å². The zero-order valence-corrected chi connectivity index (χ0v) is 17.1.